The highest BCUT2D eigenvalue weighted by molar-refractivity contribution is 6.35. The van der Waals surface area contributed by atoms with Gasteiger partial charge in [-0.05, 0) is 19.1 Å². The van der Waals surface area contributed by atoms with Gasteiger partial charge < -0.3 is 15.2 Å². The van der Waals surface area contributed by atoms with Gasteiger partial charge in [0.2, 0.25) is 0 Å². The quantitative estimate of drug-likeness (QED) is 0.637. The summed E-state index contributed by atoms with van der Waals surface area (Å²) in [5.74, 6) is -0.146. The zero-order chi connectivity index (χ0) is 11.4. The molecule has 0 aromatic heterocycles. The molecule has 0 aliphatic carbocycles. The van der Waals surface area contributed by atoms with E-state index in [0.29, 0.717) is 5.75 Å². The molecule has 0 aliphatic rings. The van der Waals surface area contributed by atoms with Crippen molar-refractivity contribution >= 4 is 23.3 Å². The van der Waals surface area contributed by atoms with Crippen LogP contribution in [-0.2, 0) is 4.74 Å². The monoisotopic (exact) mass is 229 g/mol. The van der Waals surface area contributed by atoms with Crippen molar-refractivity contribution in [3.8, 4) is 5.75 Å². The first kappa shape index (κ1) is 11.7. The molecule has 0 bridgehead atoms. The third-order valence-corrected chi connectivity index (χ3v) is 2.21. The highest BCUT2D eigenvalue weighted by Crippen LogP contribution is 2.32. The van der Waals surface area contributed by atoms with E-state index >= 15 is 0 Å². The van der Waals surface area contributed by atoms with E-state index in [2.05, 4.69) is 0 Å². The lowest BCUT2D eigenvalue weighted by Gasteiger charge is -2.10. The minimum Gasteiger partial charge on any atom is -0.495 e. The van der Waals surface area contributed by atoms with Crippen molar-refractivity contribution in [3.63, 3.8) is 0 Å². The van der Waals surface area contributed by atoms with Gasteiger partial charge in [-0.2, -0.15) is 0 Å². The second-order valence-corrected chi connectivity index (χ2v) is 3.14. The van der Waals surface area contributed by atoms with Crippen molar-refractivity contribution in [1.29, 1.82) is 0 Å². The molecule has 5 heteroatoms. The highest BCUT2D eigenvalue weighted by Gasteiger charge is 2.18. The van der Waals surface area contributed by atoms with E-state index in [1.165, 1.54) is 7.11 Å². The number of ether oxygens (including phenoxy) is 2. The van der Waals surface area contributed by atoms with Crippen molar-refractivity contribution in [2.24, 2.45) is 0 Å². The normalized spacial score (nSPS) is 9.80. The fourth-order valence-corrected chi connectivity index (χ4v) is 1.47. The van der Waals surface area contributed by atoms with Gasteiger partial charge in [0.25, 0.3) is 0 Å². The number of halogens is 1. The maximum atomic E-state index is 11.5. The Morgan fingerprint density at radius 2 is 2.20 bits per heavy atom. The number of rotatable bonds is 3. The Balaban J connectivity index is 3.20. The molecule has 0 atom stereocenters. The van der Waals surface area contributed by atoms with Crippen molar-refractivity contribution < 1.29 is 14.3 Å². The predicted molar refractivity (Wildman–Crippen MR) is 58.4 cm³/mol. The van der Waals surface area contributed by atoms with E-state index in [9.17, 15) is 4.79 Å². The standard InChI is InChI=1S/C10H12ClNO3/c1-3-15-10(13)8-6(12)4-5-7(14-2)9(8)11/h4-5H,3,12H2,1-2H3. The molecule has 0 unspecified atom stereocenters. The van der Waals surface area contributed by atoms with Crippen LogP contribution >= 0.6 is 11.6 Å². The van der Waals surface area contributed by atoms with Crippen LogP contribution in [0.2, 0.25) is 5.02 Å². The summed E-state index contributed by atoms with van der Waals surface area (Å²) >= 11 is 5.94. The highest BCUT2D eigenvalue weighted by atomic mass is 35.5. The van der Waals surface area contributed by atoms with Crippen LogP contribution in [0.15, 0.2) is 12.1 Å². The Morgan fingerprint density at radius 3 is 2.73 bits per heavy atom. The average Bonchev–Trinajstić information content (AvgIpc) is 2.18. The number of hydrogen-bond acceptors (Lipinski definition) is 4. The van der Waals surface area contributed by atoms with Crippen LogP contribution in [0.5, 0.6) is 5.75 Å². The molecule has 0 spiro atoms. The average molecular weight is 230 g/mol. The summed E-state index contributed by atoms with van der Waals surface area (Å²) in [7, 11) is 1.46. The summed E-state index contributed by atoms with van der Waals surface area (Å²) < 4.78 is 9.80. The summed E-state index contributed by atoms with van der Waals surface area (Å²) in [4.78, 5) is 11.5. The Kier molecular flexibility index (Phi) is 3.80. The van der Waals surface area contributed by atoms with Crippen LogP contribution in [0.4, 0.5) is 5.69 Å². The summed E-state index contributed by atoms with van der Waals surface area (Å²) in [5.41, 5.74) is 6.06. The molecule has 1 aromatic carbocycles. The first-order valence-electron chi connectivity index (χ1n) is 4.40. The number of esters is 1. The maximum Gasteiger partial charge on any atom is 0.341 e. The molecular weight excluding hydrogens is 218 g/mol. The number of carbonyl (C=O) groups is 1. The van der Waals surface area contributed by atoms with Crippen LogP contribution in [0.25, 0.3) is 0 Å². The summed E-state index contributed by atoms with van der Waals surface area (Å²) in [6, 6.07) is 3.15. The first-order valence-corrected chi connectivity index (χ1v) is 4.78. The molecule has 0 saturated carbocycles. The predicted octanol–water partition coefficient (Wildman–Crippen LogP) is 2.11. The number of methoxy groups -OCH3 is 1. The SMILES string of the molecule is CCOC(=O)c1c(N)ccc(OC)c1Cl. The van der Waals surface area contributed by atoms with E-state index in [1.807, 2.05) is 0 Å². The molecule has 15 heavy (non-hydrogen) atoms. The van der Waals surface area contributed by atoms with Crippen LogP contribution in [0, 0.1) is 0 Å². The van der Waals surface area contributed by atoms with Gasteiger partial charge in [0, 0.05) is 5.69 Å². The van der Waals surface area contributed by atoms with E-state index in [4.69, 9.17) is 26.8 Å². The van der Waals surface area contributed by atoms with E-state index < -0.39 is 5.97 Å². The second-order valence-electron chi connectivity index (χ2n) is 2.77. The molecule has 0 amide bonds. The number of carbonyl (C=O) groups excluding carboxylic acids is 1. The van der Waals surface area contributed by atoms with Crippen molar-refractivity contribution in [2.75, 3.05) is 19.5 Å². The van der Waals surface area contributed by atoms with Gasteiger partial charge in [-0.25, -0.2) is 4.79 Å². The van der Waals surface area contributed by atoms with Crippen molar-refractivity contribution in [1.82, 2.24) is 0 Å². The van der Waals surface area contributed by atoms with Gasteiger partial charge in [0.1, 0.15) is 11.3 Å². The summed E-state index contributed by atoms with van der Waals surface area (Å²) in [6.07, 6.45) is 0. The van der Waals surface area contributed by atoms with Crippen molar-refractivity contribution in [3.05, 3.63) is 22.7 Å². The van der Waals surface area contributed by atoms with Gasteiger partial charge in [-0.3, -0.25) is 0 Å². The van der Waals surface area contributed by atoms with E-state index in [1.54, 1.807) is 19.1 Å². The minimum atomic E-state index is -0.543. The van der Waals surface area contributed by atoms with E-state index in [0.717, 1.165) is 0 Å². The number of benzene rings is 1. The number of nitrogens with two attached hydrogens (primary N) is 1. The fraction of sp³-hybridized carbons (Fsp3) is 0.300. The summed E-state index contributed by atoms with van der Waals surface area (Å²) in [6.45, 7) is 1.98. The molecule has 0 aliphatic heterocycles. The Hall–Kier alpha value is -1.42. The van der Waals surface area contributed by atoms with Gasteiger partial charge in [-0.1, -0.05) is 11.6 Å². The number of anilines is 1. The molecule has 0 fully saturated rings. The van der Waals surface area contributed by atoms with Crippen LogP contribution in [0.3, 0.4) is 0 Å². The molecule has 1 aromatic rings. The zero-order valence-corrected chi connectivity index (χ0v) is 9.30. The fourth-order valence-electron chi connectivity index (χ4n) is 1.14. The number of hydrogen-bond donors (Lipinski definition) is 1. The largest absolute Gasteiger partial charge is 0.495 e. The number of nitrogen functional groups attached to an aromatic ring is 1. The Bertz CT molecular complexity index is 379. The maximum absolute atomic E-state index is 11.5. The molecule has 0 radical (unpaired) electrons. The lowest BCUT2D eigenvalue weighted by molar-refractivity contribution is 0.0527. The Morgan fingerprint density at radius 1 is 1.53 bits per heavy atom. The molecule has 0 saturated heterocycles. The van der Waals surface area contributed by atoms with Gasteiger partial charge in [-0.15, -0.1) is 0 Å². The van der Waals surface area contributed by atoms with Gasteiger partial charge in [0.15, 0.2) is 0 Å². The molecule has 1 rings (SSSR count). The topological polar surface area (TPSA) is 61.5 Å². The van der Waals surface area contributed by atoms with Crippen LogP contribution < -0.4 is 10.5 Å². The molecule has 0 heterocycles. The third-order valence-electron chi connectivity index (χ3n) is 1.84. The van der Waals surface area contributed by atoms with Gasteiger partial charge >= 0.3 is 5.97 Å². The smallest absolute Gasteiger partial charge is 0.341 e. The first-order chi connectivity index (χ1) is 7.11. The minimum absolute atomic E-state index is 0.151. The lowest BCUT2D eigenvalue weighted by atomic mass is 10.1. The molecule has 82 valence electrons. The van der Waals surface area contributed by atoms with Gasteiger partial charge in [0.05, 0.1) is 18.7 Å². The summed E-state index contributed by atoms with van der Waals surface area (Å²) in [5, 5.41) is 0.177. The van der Waals surface area contributed by atoms with Crippen LogP contribution in [-0.4, -0.2) is 19.7 Å². The second kappa shape index (κ2) is 4.89. The molecular formula is C10H12ClNO3. The lowest BCUT2D eigenvalue weighted by Crippen LogP contribution is -2.09. The molecule has 4 nitrogen and oxygen atoms in total. The zero-order valence-electron chi connectivity index (χ0n) is 8.54. The van der Waals surface area contributed by atoms with E-state index in [-0.39, 0.29) is 22.9 Å². The Labute approximate surface area is 92.9 Å². The van der Waals surface area contributed by atoms with Crippen molar-refractivity contribution in [2.45, 2.75) is 6.92 Å². The molecule has 2 N–H and O–H groups in total. The third kappa shape index (κ3) is 2.33. The van der Waals surface area contributed by atoms with Crippen LogP contribution in [0.1, 0.15) is 17.3 Å².